The summed E-state index contributed by atoms with van der Waals surface area (Å²) in [6.45, 7) is -0.255. The molecule has 0 aliphatic carbocycles. The molecule has 27 heavy (non-hydrogen) atoms. The molecule has 0 fully saturated rings. The number of thiocarbonyl (C=S) groups is 1. The van der Waals surface area contributed by atoms with Crippen molar-refractivity contribution >= 4 is 40.7 Å². The lowest BCUT2D eigenvalue weighted by atomic mass is 10.1. The largest absolute Gasteiger partial charge is 0.493 e. The first-order valence-electron chi connectivity index (χ1n) is 7.87. The zero-order valence-electron chi connectivity index (χ0n) is 14.5. The molecule has 0 atom stereocenters. The van der Waals surface area contributed by atoms with E-state index in [0.717, 1.165) is 5.56 Å². The second kappa shape index (κ2) is 10.3. The van der Waals surface area contributed by atoms with Gasteiger partial charge in [-0.25, -0.2) is 0 Å². The van der Waals surface area contributed by atoms with E-state index >= 15 is 0 Å². The van der Waals surface area contributed by atoms with Crippen molar-refractivity contribution in [3.05, 3.63) is 59.1 Å². The average molecular weight is 408 g/mol. The van der Waals surface area contributed by atoms with Crippen molar-refractivity contribution in [2.24, 2.45) is 0 Å². The summed E-state index contributed by atoms with van der Waals surface area (Å²) in [7, 11) is 1.51. The summed E-state index contributed by atoms with van der Waals surface area (Å²) in [5, 5.41) is 3.03. The first-order chi connectivity index (χ1) is 13.0. The van der Waals surface area contributed by atoms with Crippen LogP contribution < -0.4 is 25.6 Å². The lowest BCUT2D eigenvalue weighted by Crippen LogP contribution is -2.49. The van der Waals surface area contributed by atoms with E-state index in [0.29, 0.717) is 16.5 Å². The molecule has 142 valence electrons. The molecule has 0 heterocycles. The van der Waals surface area contributed by atoms with Crippen molar-refractivity contribution in [3.63, 3.8) is 0 Å². The number of nitrogens with one attached hydrogen (secondary N) is 3. The smallest absolute Gasteiger partial charge is 0.276 e. The maximum absolute atomic E-state index is 11.9. The van der Waals surface area contributed by atoms with Gasteiger partial charge >= 0.3 is 0 Å². The maximum atomic E-state index is 11.9. The van der Waals surface area contributed by atoms with Gasteiger partial charge in [0, 0.05) is 5.02 Å². The second-order valence-electron chi connectivity index (χ2n) is 5.29. The summed E-state index contributed by atoms with van der Waals surface area (Å²) in [5.41, 5.74) is 5.57. The third-order valence-corrected chi connectivity index (χ3v) is 3.73. The third-order valence-electron chi connectivity index (χ3n) is 3.27. The standard InChI is InChI=1S/C18H18ClN3O4S/c1-25-14-4-2-3-5-15(14)26-11-17(24)21-22-18(27)20-16(23)10-12-6-8-13(19)9-7-12/h2-9H,10-11H2,1H3,(H,21,24)(H2,20,22,23,27). The normalized spacial score (nSPS) is 9.85. The van der Waals surface area contributed by atoms with E-state index in [1.165, 1.54) is 7.11 Å². The molecule has 0 unspecified atom stereocenters. The molecule has 2 aromatic rings. The van der Waals surface area contributed by atoms with Crippen LogP contribution in [0.3, 0.4) is 0 Å². The number of hydrazine groups is 1. The molecule has 0 spiro atoms. The van der Waals surface area contributed by atoms with E-state index < -0.39 is 5.91 Å². The van der Waals surface area contributed by atoms with Crippen molar-refractivity contribution in [1.29, 1.82) is 0 Å². The topological polar surface area (TPSA) is 88.7 Å². The summed E-state index contributed by atoms with van der Waals surface area (Å²) in [6, 6.07) is 13.8. The van der Waals surface area contributed by atoms with Gasteiger partial charge in [0.05, 0.1) is 13.5 Å². The molecule has 2 aromatic carbocycles. The van der Waals surface area contributed by atoms with Crippen molar-refractivity contribution < 1.29 is 19.1 Å². The highest BCUT2D eigenvalue weighted by Gasteiger charge is 2.09. The highest BCUT2D eigenvalue weighted by molar-refractivity contribution is 7.80. The molecule has 0 saturated carbocycles. The molecule has 0 aliphatic rings. The lowest BCUT2D eigenvalue weighted by Gasteiger charge is -2.12. The van der Waals surface area contributed by atoms with Gasteiger partial charge in [-0.15, -0.1) is 0 Å². The predicted octanol–water partition coefficient (Wildman–Crippen LogP) is 1.99. The van der Waals surface area contributed by atoms with Crippen molar-refractivity contribution in [2.75, 3.05) is 13.7 Å². The predicted molar refractivity (Wildman–Crippen MR) is 106 cm³/mol. The number of carbonyl (C=O) groups excluding carboxylic acids is 2. The zero-order valence-corrected chi connectivity index (χ0v) is 16.0. The van der Waals surface area contributed by atoms with Gasteiger partial charge in [0.1, 0.15) is 0 Å². The summed E-state index contributed by atoms with van der Waals surface area (Å²) in [6.07, 6.45) is 0.129. The van der Waals surface area contributed by atoms with Gasteiger partial charge < -0.3 is 14.8 Å². The lowest BCUT2D eigenvalue weighted by molar-refractivity contribution is -0.124. The van der Waals surface area contributed by atoms with Gasteiger partial charge in [0.2, 0.25) is 5.91 Å². The molecule has 0 saturated heterocycles. The zero-order chi connectivity index (χ0) is 19.6. The molecule has 0 aliphatic heterocycles. The SMILES string of the molecule is COc1ccccc1OCC(=O)NNC(=S)NC(=O)Cc1ccc(Cl)cc1. The minimum absolute atomic E-state index is 0.0281. The van der Waals surface area contributed by atoms with E-state index in [1.807, 2.05) is 0 Å². The van der Waals surface area contributed by atoms with E-state index in [4.69, 9.17) is 33.3 Å². The molecule has 9 heteroatoms. The van der Waals surface area contributed by atoms with Gasteiger partial charge in [-0.3, -0.25) is 20.4 Å². The number of hydrogen-bond donors (Lipinski definition) is 3. The average Bonchev–Trinajstić information content (AvgIpc) is 2.66. The Kier molecular flexibility index (Phi) is 7.84. The Balaban J connectivity index is 1.70. The summed E-state index contributed by atoms with van der Waals surface area (Å²) < 4.78 is 10.5. The maximum Gasteiger partial charge on any atom is 0.276 e. The number of methoxy groups -OCH3 is 1. The number of hydrogen-bond acceptors (Lipinski definition) is 5. The van der Waals surface area contributed by atoms with Crippen LogP contribution in [0.5, 0.6) is 11.5 Å². The molecule has 0 bridgehead atoms. The van der Waals surface area contributed by atoms with Crippen LogP contribution in [0.1, 0.15) is 5.56 Å². The summed E-state index contributed by atoms with van der Waals surface area (Å²) in [5.74, 6) is 0.154. The number of carbonyl (C=O) groups is 2. The highest BCUT2D eigenvalue weighted by atomic mass is 35.5. The molecular formula is C18H18ClN3O4S. The quantitative estimate of drug-likeness (QED) is 0.501. The van der Waals surface area contributed by atoms with Gasteiger partial charge in [-0.05, 0) is 42.0 Å². The van der Waals surface area contributed by atoms with E-state index in [2.05, 4.69) is 16.2 Å². The number of benzene rings is 2. The number of para-hydroxylation sites is 2. The van der Waals surface area contributed by atoms with Crippen LogP contribution in [0, 0.1) is 0 Å². The Morgan fingerprint density at radius 2 is 1.67 bits per heavy atom. The van der Waals surface area contributed by atoms with Gasteiger partial charge in [-0.2, -0.15) is 0 Å². The van der Waals surface area contributed by atoms with Gasteiger partial charge in [0.25, 0.3) is 5.91 Å². The van der Waals surface area contributed by atoms with Crippen LogP contribution in [0.25, 0.3) is 0 Å². The molecule has 2 rings (SSSR count). The summed E-state index contributed by atoms with van der Waals surface area (Å²) in [4.78, 5) is 23.7. The molecule has 0 radical (unpaired) electrons. The van der Waals surface area contributed by atoms with Crippen LogP contribution in [0.2, 0.25) is 5.02 Å². The van der Waals surface area contributed by atoms with Crippen LogP contribution in [0.4, 0.5) is 0 Å². The number of rotatable bonds is 6. The van der Waals surface area contributed by atoms with Crippen LogP contribution in [0.15, 0.2) is 48.5 Å². The number of ether oxygens (including phenoxy) is 2. The third kappa shape index (κ3) is 7.12. The Morgan fingerprint density at radius 1 is 1.00 bits per heavy atom. The molecule has 0 aromatic heterocycles. The monoisotopic (exact) mass is 407 g/mol. The Labute approximate surface area is 167 Å². The summed E-state index contributed by atoms with van der Waals surface area (Å²) >= 11 is 10.8. The van der Waals surface area contributed by atoms with Crippen LogP contribution in [-0.2, 0) is 16.0 Å². The first-order valence-corrected chi connectivity index (χ1v) is 8.65. The van der Waals surface area contributed by atoms with Crippen LogP contribution >= 0.6 is 23.8 Å². The first kappa shape index (κ1) is 20.5. The highest BCUT2D eigenvalue weighted by Crippen LogP contribution is 2.25. The Bertz CT molecular complexity index is 815. The Morgan fingerprint density at radius 3 is 2.33 bits per heavy atom. The Hall–Kier alpha value is -2.84. The number of halogens is 1. The van der Waals surface area contributed by atoms with Crippen molar-refractivity contribution in [2.45, 2.75) is 6.42 Å². The second-order valence-corrected chi connectivity index (χ2v) is 6.14. The van der Waals surface area contributed by atoms with Crippen molar-refractivity contribution in [1.82, 2.24) is 16.2 Å². The van der Waals surface area contributed by atoms with Gasteiger partial charge in [-0.1, -0.05) is 35.9 Å². The molecule has 3 N–H and O–H groups in total. The molecule has 7 nitrogen and oxygen atoms in total. The van der Waals surface area contributed by atoms with Crippen molar-refractivity contribution in [3.8, 4) is 11.5 Å². The van der Waals surface area contributed by atoms with E-state index in [9.17, 15) is 9.59 Å². The molecule has 2 amide bonds. The fourth-order valence-electron chi connectivity index (χ4n) is 2.03. The van der Waals surface area contributed by atoms with E-state index in [1.54, 1.807) is 48.5 Å². The fourth-order valence-corrected chi connectivity index (χ4v) is 2.32. The number of amides is 2. The minimum Gasteiger partial charge on any atom is -0.493 e. The molecular weight excluding hydrogens is 390 g/mol. The van der Waals surface area contributed by atoms with Crippen LogP contribution in [-0.4, -0.2) is 30.6 Å². The fraction of sp³-hybridized carbons (Fsp3) is 0.167. The minimum atomic E-state index is -0.477. The van der Waals surface area contributed by atoms with E-state index in [-0.39, 0.29) is 24.0 Å². The van der Waals surface area contributed by atoms with Gasteiger partial charge in [0.15, 0.2) is 23.2 Å².